The molecule has 0 heterocycles. The van der Waals surface area contributed by atoms with Crippen LogP contribution in [0, 0.1) is 0 Å². The molecule has 1 aromatic rings. The van der Waals surface area contributed by atoms with E-state index < -0.39 is 10.0 Å². The summed E-state index contributed by atoms with van der Waals surface area (Å²) in [5.41, 5.74) is 1.47. The molecule has 0 saturated heterocycles. The molecule has 0 bridgehead atoms. The fourth-order valence-corrected chi connectivity index (χ4v) is 1.70. The normalized spacial score (nSPS) is 11.9. The van der Waals surface area contributed by atoms with Crippen molar-refractivity contribution in [2.45, 2.75) is 6.92 Å². The molecule has 0 aliphatic heterocycles. The lowest BCUT2D eigenvalue weighted by Gasteiger charge is -2.06. The number of nitrogens with one attached hydrogen (secondary N) is 1. The fourth-order valence-electron chi connectivity index (χ4n) is 1.11. The van der Waals surface area contributed by atoms with Crippen molar-refractivity contribution >= 4 is 21.8 Å². The van der Waals surface area contributed by atoms with Crippen LogP contribution in [0.25, 0.3) is 6.08 Å². The summed E-state index contributed by atoms with van der Waals surface area (Å²) >= 11 is 0. The molecule has 4 heteroatoms. The monoisotopic (exact) mass is 211 g/mol. The molecule has 0 unspecified atom stereocenters. The predicted octanol–water partition coefficient (Wildman–Crippen LogP) is 2.09. The van der Waals surface area contributed by atoms with Crippen LogP contribution in [-0.2, 0) is 10.0 Å². The van der Waals surface area contributed by atoms with E-state index in [1.165, 1.54) is 0 Å². The summed E-state index contributed by atoms with van der Waals surface area (Å²) in [7, 11) is -3.20. The molecule has 1 N–H and O–H groups in total. The van der Waals surface area contributed by atoms with Crippen molar-refractivity contribution in [3.05, 3.63) is 35.9 Å². The predicted molar refractivity (Wildman–Crippen MR) is 59.6 cm³/mol. The van der Waals surface area contributed by atoms with Crippen molar-refractivity contribution in [2.75, 3.05) is 11.0 Å². The van der Waals surface area contributed by atoms with Crippen LogP contribution in [0.2, 0.25) is 0 Å². The Morgan fingerprint density at radius 3 is 2.50 bits per heavy atom. The summed E-state index contributed by atoms with van der Waals surface area (Å²) in [4.78, 5) is 0. The molecule has 0 aliphatic carbocycles. The lowest BCUT2D eigenvalue weighted by molar-refractivity contribution is 0.607. The second-order valence-electron chi connectivity index (χ2n) is 2.96. The first-order valence-corrected chi connectivity index (χ1v) is 6.11. The van der Waals surface area contributed by atoms with E-state index in [1.807, 2.05) is 31.2 Å². The maximum absolute atomic E-state index is 11.0. The van der Waals surface area contributed by atoms with Gasteiger partial charge in [-0.25, -0.2) is 8.42 Å². The van der Waals surface area contributed by atoms with Crippen LogP contribution in [0.3, 0.4) is 0 Å². The molecule has 0 spiro atoms. The van der Waals surface area contributed by atoms with Gasteiger partial charge in [0.05, 0.1) is 11.9 Å². The molecule has 0 saturated carbocycles. The molecule has 3 nitrogen and oxygen atoms in total. The van der Waals surface area contributed by atoms with Crippen LogP contribution in [0.1, 0.15) is 12.5 Å². The van der Waals surface area contributed by atoms with E-state index in [4.69, 9.17) is 0 Å². The van der Waals surface area contributed by atoms with Crippen LogP contribution < -0.4 is 4.72 Å². The molecule has 0 aromatic heterocycles. The third-order valence-corrected chi connectivity index (χ3v) is 2.19. The van der Waals surface area contributed by atoms with E-state index in [0.717, 1.165) is 11.8 Å². The Labute approximate surface area is 84.5 Å². The molecule has 0 amide bonds. The molecule has 1 rings (SSSR count). The van der Waals surface area contributed by atoms with E-state index in [9.17, 15) is 8.42 Å². The van der Waals surface area contributed by atoms with Crippen molar-refractivity contribution in [3.63, 3.8) is 0 Å². The van der Waals surface area contributed by atoms with Crippen LogP contribution in [-0.4, -0.2) is 14.7 Å². The summed E-state index contributed by atoms with van der Waals surface area (Å²) in [6, 6.07) is 7.24. The van der Waals surface area contributed by atoms with E-state index in [0.29, 0.717) is 5.69 Å². The first-order valence-electron chi connectivity index (χ1n) is 4.22. The number of rotatable bonds is 3. The standard InChI is InChI=1S/C10H13NO2S/c1-3-6-9-7-4-5-8-10(9)11-14(2,12)13/h3-8,11H,1-2H3. The van der Waals surface area contributed by atoms with E-state index in [1.54, 1.807) is 12.1 Å². The van der Waals surface area contributed by atoms with Crippen molar-refractivity contribution < 1.29 is 8.42 Å². The molecule has 0 fully saturated rings. The topological polar surface area (TPSA) is 46.2 Å². The molecule has 0 radical (unpaired) electrons. The summed E-state index contributed by atoms with van der Waals surface area (Å²) in [6.07, 6.45) is 4.86. The van der Waals surface area contributed by atoms with E-state index in [2.05, 4.69) is 4.72 Å². The molecular weight excluding hydrogens is 198 g/mol. The van der Waals surface area contributed by atoms with Gasteiger partial charge in [0.15, 0.2) is 0 Å². The average Bonchev–Trinajstić information content (AvgIpc) is 2.06. The Morgan fingerprint density at radius 1 is 1.29 bits per heavy atom. The molecule has 1 aromatic carbocycles. The highest BCUT2D eigenvalue weighted by atomic mass is 32.2. The number of benzene rings is 1. The van der Waals surface area contributed by atoms with Gasteiger partial charge in [-0.2, -0.15) is 0 Å². The SMILES string of the molecule is CC=Cc1ccccc1NS(C)(=O)=O. The van der Waals surface area contributed by atoms with Gasteiger partial charge in [0.25, 0.3) is 0 Å². The molecule has 14 heavy (non-hydrogen) atoms. The first kappa shape index (κ1) is 10.8. The van der Waals surface area contributed by atoms with Gasteiger partial charge in [-0.05, 0) is 18.6 Å². The smallest absolute Gasteiger partial charge is 0.229 e. The summed E-state index contributed by atoms with van der Waals surface area (Å²) in [5.74, 6) is 0. The minimum atomic E-state index is -3.20. The molecule has 0 atom stereocenters. The molecule has 76 valence electrons. The summed E-state index contributed by atoms with van der Waals surface area (Å²) in [5, 5.41) is 0. The van der Waals surface area contributed by atoms with Gasteiger partial charge in [-0.1, -0.05) is 30.4 Å². The van der Waals surface area contributed by atoms with Gasteiger partial charge in [0.2, 0.25) is 10.0 Å². The molecular formula is C10H13NO2S. The van der Waals surface area contributed by atoms with Crippen molar-refractivity contribution in [1.82, 2.24) is 0 Å². The van der Waals surface area contributed by atoms with Gasteiger partial charge < -0.3 is 0 Å². The van der Waals surface area contributed by atoms with Crippen LogP contribution >= 0.6 is 0 Å². The van der Waals surface area contributed by atoms with Crippen molar-refractivity contribution in [3.8, 4) is 0 Å². The third kappa shape index (κ3) is 3.22. The number of para-hydroxylation sites is 1. The second-order valence-corrected chi connectivity index (χ2v) is 4.71. The van der Waals surface area contributed by atoms with Gasteiger partial charge in [0, 0.05) is 0 Å². The Bertz CT molecular complexity index is 435. The van der Waals surface area contributed by atoms with Gasteiger partial charge in [-0.15, -0.1) is 0 Å². The number of hydrogen-bond acceptors (Lipinski definition) is 2. The van der Waals surface area contributed by atoms with Crippen molar-refractivity contribution in [2.24, 2.45) is 0 Å². The van der Waals surface area contributed by atoms with Gasteiger partial charge >= 0.3 is 0 Å². The maximum atomic E-state index is 11.0. The van der Waals surface area contributed by atoms with E-state index >= 15 is 0 Å². The zero-order valence-electron chi connectivity index (χ0n) is 8.19. The highest BCUT2D eigenvalue weighted by Crippen LogP contribution is 2.17. The zero-order valence-corrected chi connectivity index (χ0v) is 9.01. The Kier molecular flexibility index (Phi) is 3.30. The Balaban J connectivity index is 3.08. The van der Waals surface area contributed by atoms with Crippen LogP contribution in [0.5, 0.6) is 0 Å². The highest BCUT2D eigenvalue weighted by Gasteiger charge is 2.03. The van der Waals surface area contributed by atoms with Crippen molar-refractivity contribution in [1.29, 1.82) is 0 Å². The van der Waals surface area contributed by atoms with Crippen LogP contribution in [0.4, 0.5) is 5.69 Å². The average molecular weight is 211 g/mol. The van der Waals surface area contributed by atoms with Gasteiger partial charge in [-0.3, -0.25) is 4.72 Å². The number of anilines is 1. The molecule has 0 aliphatic rings. The quantitative estimate of drug-likeness (QED) is 0.832. The van der Waals surface area contributed by atoms with Gasteiger partial charge in [0.1, 0.15) is 0 Å². The Morgan fingerprint density at radius 2 is 1.93 bits per heavy atom. The van der Waals surface area contributed by atoms with E-state index in [-0.39, 0.29) is 0 Å². The lowest BCUT2D eigenvalue weighted by atomic mass is 10.2. The lowest BCUT2D eigenvalue weighted by Crippen LogP contribution is -2.10. The van der Waals surface area contributed by atoms with Crippen LogP contribution in [0.15, 0.2) is 30.3 Å². The maximum Gasteiger partial charge on any atom is 0.229 e. The number of allylic oxidation sites excluding steroid dienone is 1. The minimum Gasteiger partial charge on any atom is -0.283 e. The largest absolute Gasteiger partial charge is 0.283 e. The Hall–Kier alpha value is -1.29. The highest BCUT2D eigenvalue weighted by molar-refractivity contribution is 7.92. The number of hydrogen-bond donors (Lipinski definition) is 1. The fraction of sp³-hybridized carbons (Fsp3) is 0.200. The second kappa shape index (κ2) is 4.28. The third-order valence-electron chi connectivity index (χ3n) is 1.60. The first-order chi connectivity index (χ1) is 6.53. The summed E-state index contributed by atoms with van der Waals surface area (Å²) < 4.78 is 24.5. The zero-order chi connectivity index (χ0) is 10.6. The summed E-state index contributed by atoms with van der Waals surface area (Å²) in [6.45, 7) is 1.89. The number of sulfonamides is 1. The minimum absolute atomic E-state index is 0.605.